The molecule has 36 heavy (non-hydrogen) atoms. The van der Waals surface area contributed by atoms with Crippen LogP contribution in [0.3, 0.4) is 0 Å². The van der Waals surface area contributed by atoms with Gasteiger partial charge in [0.15, 0.2) is 5.69 Å². The number of halogens is 3. The van der Waals surface area contributed by atoms with E-state index >= 15 is 0 Å². The summed E-state index contributed by atoms with van der Waals surface area (Å²) in [6.07, 6.45) is -3.59. The molecule has 2 aromatic heterocycles. The maximum Gasteiger partial charge on any atom is 0.471 e. The molecule has 0 atom stereocenters. The SMILES string of the molecule is Cc1cc(-c2noc(C(F)(F)F)n2)cc(C)c1OCCCc1cc(C(=O)NCc2ccccc2)no1. The number of amides is 1. The van der Waals surface area contributed by atoms with Crippen LogP contribution in [0.4, 0.5) is 13.2 Å². The van der Waals surface area contributed by atoms with Crippen molar-refractivity contribution in [3.63, 3.8) is 0 Å². The zero-order valence-corrected chi connectivity index (χ0v) is 19.6. The highest BCUT2D eigenvalue weighted by atomic mass is 19.4. The van der Waals surface area contributed by atoms with Gasteiger partial charge >= 0.3 is 12.1 Å². The first-order valence-corrected chi connectivity index (χ1v) is 11.1. The van der Waals surface area contributed by atoms with Crippen molar-refractivity contribution in [2.75, 3.05) is 6.61 Å². The van der Waals surface area contributed by atoms with E-state index in [1.54, 1.807) is 32.0 Å². The average Bonchev–Trinajstić information content (AvgIpc) is 3.52. The lowest BCUT2D eigenvalue weighted by Crippen LogP contribution is -2.22. The van der Waals surface area contributed by atoms with Gasteiger partial charge in [-0.25, -0.2) is 0 Å². The van der Waals surface area contributed by atoms with Crippen molar-refractivity contribution in [3.8, 4) is 17.1 Å². The number of alkyl halides is 3. The molecule has 0 saturated heterocycles. The summed E-state index contributed by atoms with van der Waals surface area (Å²) in [6, 6.07) is 14.4. The number of aryl methyl sites for hydroxylation is 3. The molecule has 0 aliphatic heterocycles. The first-order valence-electron chi connectivity index (χ1n) is 11.1. The molecule has 4 rings (SSSR count). The first-order chi connectivity index (χ1) is 17.2. The maximum absolute atomic E-state index is 12.7. The highest BCUT2D eigenvalue weighted by molar-refractivity contribution is 5.92. The number of nitrogens with one attached hydrogen (secondary N) is 1. The molecule has 2 aromatic carbocycles. The fraction of sp³-hybridized carbons (Fsp3) is 0.280. The van der Waals surface area contributed by atoms with Crippen LogP contribution in [-0.2, 0) is 19.1 Å². The van der Waals surface area contributed by atoms with Gasteiger partial charge in [-0.1, -0.05) is 40.6 Å². The van der Waals surface area contributed by atoms with E-state index in [0.29, 0.717) is 43.1 Å². The van der Waals surface area contributed by atoms with Crippen molar-refractivity contribution in [3.05, 3.63) is 82.6 Å². The predicted molar refractivity (Wildman–Crippen MR) is 122 cm³/mol. The number of aromatic nitrogens is 3. The van der Waals surface area contributed by atoms with Gasteiger partial charge in [0.2, 0.25) is 5.82 Å². The molecule has 4 aromatic rings. The fourth-order valence-corrected chi connectivity index (χ4v) is 3.59. The molecule has 1 N–H and O–H groups in total. The molecule has 0 saturated carbocycles. The third-order valence-corrected chi connectivity index (χ3v) is 5.29. The Morgan fingerprint density at radius 3 is 2.42 bits per heavy atom. The monoisotopic (exact) mass is 500 g/mol. The Kier molecular flexibility index (Phi) is 7.37. The molecule has 0 spiro atoms. The topological polar surface area (TPSA) is 103 Å². The zero-order chi connectivity index (χ0) is 25.7. The lowest BCUT2D eigenvalue weighted by Gasteiger charge is -2.13. The summed E-state index contributed by atoms with van der Waals surface area (Å²) in [7, 11) is 0. The fourth-order valence-electron chi connectivity index (χ4n) is 3.59. The summed E-state index contributed by atoms with van der Waals surface area (Å²) in [5, 5.41) is 10.1. The van der Waals surface area contributed by atoms with Crippen LogP contribution in [0.1, 0.15) is 45.3 Å². The molecule has 8 nitrogen and oxygen atoms in total. The molecule has 188 valence electrons. The second-order valence-corrected chi connectivity index (χ2v) is 8.16. The molecule has 0 fully saturated rings. The molecular weight excluding hydrogens is 477 g/mol. The van der Waals surface area contributed by atoms with Crippen LogP contribution in [0.25, 0.3) is 11.4 Å². The minimum absolute atomic E-state index is 0.144. The number of hydrogen-bond donors (Lipinski definition) is 1. The Morgan fingerprint density at radius 1 is 1.03 bits per heavy atom. The van der Waals surface area contributed by atoms with E-state index in [4.69, 9.17) is 9.26 Å². The largest absolute Gasteiger partial charge is 0.493 e. The van der Waals surface area contributed by atoms with E-state index in [1.165, 1.54) is 0 Å². The van der Waals surface area contributed by atoms with Crippen molar-refractivity contribution < 1.29 is 31.7 Å². The number of carbonyl (C=O) groups is 1. The highest BCUT2D eigenvalue weighted by Gasteiger charge is 2.38. The van der Waals surface area contributed by atoms with Gasteiger partial charge in [0.25, 0.3) is 5.91 Å². The molecule has 0 aliphatic carbocycles. The lowest BCUT2D eigenvalue weighted by atomic mass is 10.1. The van der Waals surface area contributed by atoms with Crippen molar-refractivity contribution in [1.29, 1.82) is 0 Å². The molecule has 2 heterocycles. The van der Waals surface area contributed by atoms with Crippen molar-refractivity contribution in [2.24, 2.45) is 0 Å². The van der Waals surface area contributed by atoms with Gasteiger partial charge in [-0.2, -0.15) is 18.2 Å². The number of ether oxygens (including phenoxy) is 1. The first kappa shape index (κ1) is 25.0. The summed E-state index contributed by atoms with van der Waals surface area (Å²) < 4.78 is 53.6. The van der Waals surface area contributed by atoms with Crippen molar-refractivity contribution in [2.45, 2.75) is 39.4 Å². The van der Waals surface area contributed by atoms with Crippen LogP contribution < -0.4 is 10.1 Å². The van der Waals surface area contributed by atoms with Gasteiger partial charge in [-0.05, 0) is 49.1 Å². The van der Waals surface area contributed by atoms with Crippen LogP contribution in [0, 0.1) is 13.8 Å². The highest BCUT2D eigenvalue weighted by Crippen LogP contribution is 2.32. The predicted octanol–water partition coefficient (Wildman–Crippen LogP) is 5.30. The van der Waals surface area contributed by atoms with Gasteiger partial charge in [0, 0.05) is 24.6 Å². The van der Waals surface area contributed by atoms with Gasteiger partial charge < -0.3 is 19.1 Å². The molecule has 1 amide bonds. The minimum Gasteiger partial charge on any atom is -0.493 e. The van der Waals surface area contributed by atoms with E-state index < -0.39 is 12.1 Å². The van der Waals surface area contributed by atoms with E-state index in [-0.39, 0.29) is 17.4 Å². The second kappa shape index (κ2) is 10.6. The van der Waals surface area contributed by atoms with Gasteiger partial charge in [-0.3, -0.25) is 4.79 Å². The molecular formula is C25H23F3N4O4. The Morgan fingerprint density at radius 2 is 1.75 bits per heavy atom. The zero-order valence-electron chi connectivity index (χ0n) is 19.6. The van der Waals surface area contributed by atoms with E-state index in [1.807, 2.05) is 30.3 Å². The lowest BCUT2D eigenvalue weighted by molar-refractivity contribution is -0.159. The molecule has 11 heteroatoms. The maximum atomic E-state index is 12.7. The number of rotatable bonds is 9. The van der Waals surface area contributed by atoms with Crippen LogP contribution in [0.5, 0.6) is 5.75 Å². The van der Waals surface area contributed by atoms with Gasteiger partial charge in [-0.15, -0.1) is 0 Å². The summed E-state index contributed by atoms with van der Waals surface area (Å²) in [6.45, 7) is 4.32. The number of benzene rings is 2. The van der Waals surface area contributed by atoms with E-state index in [0.717, 1.165) is 16.7 Å². The van der Waals surface area contributed by atoms with Crippen molar-refractivity contribution in [1.82, 2.24) is 20.6 Å². The van der Waals surface area contributed by atoms with Crippen LogP contribution >= 0.6 is 0 Å². The number of hydrogen-bond acceptors (Lipinski definition) is 7. The minimum atomic E-state index is -4.70. The third kappa shape index (κ3) is 6.09. The summed E-state index contributed by atoms with van der Waals surface area (Å²) >= 11 is 0. The smallest absolute Gasteiger partial charge is 0.471 e. The summed E-state index contributed by atoms with van der Waals surface area (Å²) in [4.78, 5) is 15.7. The molecule has 0 unspecified atom stereocenters. The summed E-state index contributed by atoms with van der Waals surface area (Å²) in [5.41, 5.74) is 3.03. The Hall–Kier alpha value is -4.15. The average molecular weight is 500 g/mol. The Bertz CT molecular complexity index is 1310. The van der Waals surface area contributed by atoms with Crippen molar-refractivity contribution >= 4 is 5.91 Å². The Balaban J connectivity index is 1.28. The summed E-state index contributed by atoms with van der Waals surface area (Å²) in [5.74, 6) is -0.673. The number of nitrogens with zero attached hydrogens (tertiary/aromatic N) is 3. The number of carbonyl (C=O) groups excluding carboxylic acids is 1. The second-order valence-electron chi connectivity index (χ2n) is 8.16. The third-order valence-electron chi connectivity index (χ3n) is 5.29. The van der Waals surface area contributed by atoms with Crippen LogP contribution in [0.15, 0.2) is 57.6 Å². The van der Waals surface area contributed by atoms with Crippen LogP contribution in [-0.4, -0.2) is 27.8 Å². The van der Waals surface area contributed by atoms with Crippen LogP contribution in [0.2, 0.25) is 0 Å². The molecule has 0 aliphatic rings. The molecule has 0 bridgehead atoms. The standard InChI is InChI=1S/C25H23F3N4O4/c1-15-11-18(22-30-24(36-32-22)25(26,27)28)12-16(2)21(15)34-10-6-9-19-13-20(31-35-19)23(33)29-14-17-7-4-3-5-8-17/h3-5,7-8,11-13H,6,9-10,14H2,1-2H3,(H,29,33). The van der Waals surface area contributed by atoms with E-state index in [9.17, 15) is 18.0 Å². The van der Waals surface area contributed by atoms with E-state index in [2.05, 4.69) is 25.1 Å². The Labute approximate surface area is 204 Å². The van der Waals surface area contributed by atoms with Gasteiger partial charge in [0.05, 0.1) is 6.61 Å². The van der Waals surface area contributed by atoms with Gasteiger partial charge in [0.1, 0.15) is 11.5 Å². The quantitative estimate of drug-likeness (QED) is 0.311. The normalized spacial score (nSPS) is 11.5. The molecule has 0 radical (unpaired) electrons.